The average Bonchev–Trinajstić information content (AvgIpc) is 2.99. The van der Waals surface area contributed by atoms with Gasteiger partial charge in [-0.25, -0.2) is 4.79 Å². The molecule has 0 unspecified atom stereocenters. The van der Waals surface area contributed by atoms with E-state index in [0.717, 1.165) is 24.3 Å². The lowest BCUT2D eigenvalue weighted by Crippen LogP contribution is -2.20. The molecule has 50 heavy (non-hydrogen) atoms. The molecule has 0 aromatic heterocycles. The molecule has 0 aliphatic heterocycles. The van der Waals surface area contributed by atoms with Crippen LogP contribution in [0.3, 0.4) is 0 Å². The Labute approximate surface area is 281 Å². The van der Waals surface area contributed by atoms with E-state index < -0.39 is 69.4 Å². The van der Waals surface area contributed by atoms with Crippen molar-refractivity contribution in [2.45, 2.75) is 0 Å². The minimum absolute atomic E-state index is 0.00977. The van der Waals surface area contributed by atoms with Crippen molar-refractivity contribution < 1.29 is 71.8 Å². The van der Waals surface area contributed by atoms with E-state index in [4.69, 9.17) is 0 Å². The van der Waals surface area contributed by atoms with E-state index in [9.17, 15) is 71.8 Å². The molecule has 23 heteroatoms. The molecule has 0 saturated carbocycles. The number of hydrogen-bond acceptors (Lipinski definition) is 7. The highest BCUT2D eigenvalue weighted by molar-refractivity contribution is 7.62. The van der Waals surface area contributed by atoms with Gasteiger partial charge in [-0.3, -0.25) is 27.8 Å². The Bertz CT molecular complexity index is 1940. The molecule has 12 N–H and O–H groups in total. The van der Waals surface area contributed by atoms with E-state index in [1.54, 1.807) is 0 Å². The van der Waals surface area contributed by atoms with Crippen molar-refractivity contribution in [3.8, 4) is 0 Å². The molecular weight excluding hydrogens is 744 g/mol. The lowest BCUT2D eigenvalue weighted by atomic mass is 10.2. The molecule has 0 bridgehead atoms. The van der Waals surface area contributed by atoms with Crippen LogP contribution in [0.5, 0.6) is 0 Å². The van der Waals surface area contributed by atoms with Crippen molar-refractivity contribution in [2.75, 3.05) is 21.3 Å². The van der Waals surface area contributed by atoms with Gasteiger partial charge in [0.2, 0.25) is 0 Å². The number of urea groups is 1. The number of anilines is 4. The number of nitrogens with one attached hydrogen (secondary N) is 4. The number of benzene rings is 4. The van der Waals surface area contributed by atoms with Gasteiger partial charge >= 0.3 is 36.4 Å². The van der Waals surface area contributed by atoms with E-state index in [-0.39, 0.29) is 33.9 Å². The normalized spacial score (nSPS) is 12.2. The highest BCUT2D eigenvalue weighted by Gasteiger charge is 2.27. The van der Waals surface area contributed by atoms with Crippen LogP contribution in [0.25, 0.3) is 0 Å². The second-order valence-electron chi connectivity index (χ2n) is 10.3. The molecule has 4 rings (SSSR count). The van der Waals surface area contributed by atoms with Crippen molar-refractivity contribution in [3.05, 3.63) is 96.1 Å². The smallest absolute Gasteiger partial charge is 0.322 e. The fraction of sp³-hybridized carbons (Fsp3) is 0. The number of rotatable bonds is 10. The zero-order valence-corrected chi connectivity index (χ0v) is 28.4. The Morgan fingerprint density at radius 1 is 0.380 bits per heavy atom. The molecule has 0 saturated heterocycles. The summed E-state index contributed by atoms with van der Waals surface area (Å²) in [6.45, 7) is 0. The van der Waals surface area contributed by atoms with Crippen molar-refractivity contribution in [1.82, 2.24) is 0 Å². The molecule has 4 amide bonds. The van der Waals surface area contributed by atoms with Crippen LogP contribution in [-0.4, -0.2) is 57.0 Å². The Morgan fingerprint density at radius 3 is 0.880 bits per heavy atom. The second-order valence-corrected chi connectivity index (χ2v) is 16.7. The van der Waals surface area contributed by atoms with Gasteiger partial charge in [0.1, 0.15) is 0 Å². The number of hydrogen-bond donors (Lipinski definition) is 12. The van der Waals surface area contributed by atoms with Gasteiger partial charge in [-0.05, 0) is 84.9 Å². The summed E-state index contributed by atoms with van der Waals surface area (Å²) in [6.07, 6.45) is 0. The second kappa shape index (κ2) is 14.5. The summed E-state index contributed by atoms with van der Waals surface area (Å²) in [4.78, 5) is 113. The first-order chi connectivity index (χ1) is 23.0. The summed E-state index contributed by atoms with van der Waals surface area (Å²) in [5, 5.41) is 6.72. The van der Waals surface area contributed by atoms with Crippen LogP contribution in [0.4, 0.5) is 27.5 Å². The molecule has 0 aliphatic rings. The fourth-order valence-corrected chi connectivity index (χ4v) is 6.78. The maximum absolute atomic E-state index is 12.7. The van der Waals surface area contributed by atoms with Crippen LogP contribution in [-0.2, 0) is 18.3 Å². The Kier molecular flexibility index (Phi) is 11.2. The van der Waals surface area contributed by atoms with Gasteiger partial charge < -0.3 is 60.4 Å². The zero-order valence-electron chi connectivity index (χ0n) is 24.8. The number of carbonyl (C=O) groups excluding carboxylic acids is 3. The fourth-order valence-electron chi connectivity index (χ4n) is 4.12. The molecule has 0 spiro atoms. The third-order valence-corrected chi connectivity index (χ3v) is 10.2. The van der Waals surface area contributed by atoms with E-state index in [1.807, 2.05) is 0 Å². The number of amides is 4. The topological polar surface area (TPSA) is 329 Å². The van der Waals surface area contributed by atoms with Crippen LogP contribution in [0.15, 0.2) is 84.9 Å². The molecule has 4 aromatic carbocycles. The first kappa shape index (κ1) is 38.5. The van der Waals surface area contributed by atoms with Gasteiger partial charge in [-0.2, -0.15) is 0 Å². The van der Waals surface area contributed by atoms with Gasteiger partial charge in [0, 0.05) is 33.9 Å². The predicted molar refractivity (Wildman–Crippen MR) is 181 cm³/mol. The maximum Gasteiger partial charge on any atom is 0.356 e. The highest BCUT2D eigenvalue weighted by Crippen LogP contribution is 2.39. The Balaban J connectivity index is 1.38. The molecule has 0 heterocycles. The summed E-state index contributed by atoms with van der Waals surface area (Å²) < 4.78 is 46.7. The summed E-state index contributed by atoms with van der Waals surface area (Å²) in [6, 6.07) is 14.5. The summed E-state index contributed by atoms with van der Waals surface area (Å²) in [5.41, 5.74) is -0.125. The standard InChI is InChI=1S/C27H26N4O15P4/c32-25(28-19-9-21(47(35,36)37)13-22(10-19)48(38,39)40)15-1-5-17(6-2-15)30-27(34)31-18-7-3-16(4-8-18)26(33)29-20-11-23(49(41,42)43)14-24(12-20)50(44,45)46/h1-14H,(H,28,32)(H,29,33)(H2,30,31,34)(H2,35,36,37)(H2,38,39,40)(H2,41,42,43)(H2,44,45,46). The van der Waals surface area contributed by atoms with Crippen LogP contribution < -0.4 is 42.5 Å². The van der Waals surface area contributed by atoms with Crippen LogP contribution in [0.2, 0.25) is 0 Å². The van der Waals surface area contributed by atoms with Crippen LogP contribution >= 0.6 is 30.4 Å². The third kappa shape index (κ3) is 10.4. The number of carbonyl (C=O) groups is 3. The Hall–Kier alpha value is -4.31. The maximum atomic E-state index is 12.7. The largest absolute Gasteiger partial charge is 0.356 e. The van der Waals surface area contributed by atoms with Gasteiger partial charge in [0.05, 0.1) is 21.2 Å². The molecule has 264 valence electrons. The van der Waals surface area contributed by atoms with Crippen LogP contribution in [0, 0.1) is 0 Å². The molecule has 19 nitrogen and oxygen atoms in total. The monoisotopic (exact) mass is 770 g/mol. The Morgan fingerprint density at radius 2 is 0.640 bits per heavy atom. The summed E-state index contributed by atoms with van der Waals surface area (Å²) in [7, 11) is -19.8. The van der Waals surface area contributed by atoms with E-state index in [2.05, 4.69) is 21.3 Å². The van der Waals surface area contributed by atoms with Gasteiger partial charge in [0.15, 0.2) is 0 Å². The predicted octanol–water partition coefficient (Wildman–Crippen LogP) is 1.05. The summed E-state index contributed by atoms with van der Waals surface area (Å²) in [5.74, 6) is -1.61. The molecule has 0 fully saturated rings. The molecule has 0 radical (unpaired) electrons. The van der Waals surface area contributed by atoms with Crippen molar-refractivity contribution in [2.24, 2.45) is 0 Å². The molecule has 4 aromatic rings. The van der Waals surface area contributed by atoms with Crippen molar-refractivity contribution in [3.63, 3.8) is 0 Å². The van der Waals surface area contributed by atoms with E-state index >= 15 is 0 Å². The highest BCUT2D eigenvalue weighted by atomic mass is 31.2. The molecular formula is C27H26N4O15P4. The first-order valence-corrected chi connectivity index (χ1v) is 19.9. The lowest BCUT2D eigenvalue weighted by molar-refractivity contribution is 0.101. The molecule has 0 atom stereocenters. The van der Waals surface area contributed by atoms with Crippen molar-refractivity contribution >= 4 is 92.2 Å². The summed E-state index contributed by atoms with van der Waals surface area (Å²) >= 11 is 0. The van der Waals surface area contributed by atoms with Crippen molar-refractivity contribution in [1.29, 1.82) is 0 Å². The minimum atomic E-state index is -4.94. The first-order valence-electron chi connectivity index (χ1n) is 13.4. The third-order valence-electron chi connectivity index (χ3n) is 6.48. The van der Waals surface area contributed by atoms with E-state index in [1.165, 1.54) is 48.5 Å². The van der Waals surface area contributed by atoms with Crippen LogP contribution in [0.1, 0.15) is 20.7 Å². The van der Waals surface area contributed by atoms with E-state index in [0.29, 0.717) is 12.1 Å². The molecule has 0 aliphatic carbocycles. The van der Waals surface area contributed by atoms with Gasteiger partial charge in [-0.15, -0.1) is 0 Å². The van der Waals surface area contributed by atoms with Gasteiger partial charge in [0.25, 0.3) is 11.8 Å². The van der Waals surface area contributed by atoms with Gasteiger partial charge in [-0.1, -0.05) is 0 Å². The SMILES string of the molecule is O=C(Nc1ccc(C(=O)Nc2cc(P(=O)(O)O)cc(P(=O)(O)O)c2)cc1)Nc1ccc(C(=O)Nc2cc(P(=O)(O)O)cc(P(=O)(O)O)c2)cc1. The average molecular weight is 770 g/mol. The zero-order chi connectivity index (χ0) is 37.2. The quantitative estimate of drug-likeness (QED) is 0.100. The minimum Gasteiger partial charge on any atom is -0.322 e. The lowest BCUT2D eigenvalue weighted by Gasteiger charge is -2.13.